The molecule has 1 saturated carbocycles. The summed E-state index contributed by atoms with van der Waals surface area (Å²) in [6.07, 6.45) is 4.07. The van der Waals surface area contributed by atoms with Gasteiger partial charge in [-0.2, -0.15) is 13.2 Å². The molecular weight excluding hydrogens is 449 g/mol. The summed E-state index contributed by atoms with van der Waals surface area (Å²) >= 11 is 0. The highest BCUT2D eigenvalue weighted by Crippen LogP contribution is 2.36. The number of nitrogens with zero attached hydrogens (tertiary/aromatic N) is 1. The van der Waals surface area contributed by atoms with Crippen LogP contribution in [-0.4, -0.2) is 60.0 Å². The average molecular weight is 483 g/mol. The van der Waals surface area contributed by atoms with Gasteiger partial charge in [0.2, 0.25) is 5.91 Å². The number of carbonyl (C=O) groups excluding carboxylic acids is 2. The number of Topliss-reactive ketones (excluding diaryl/α,β-unsaturated/α-hetero) is 1. The van der Waals surface area contributed by atoms with Gasteiger partial charge in [-0.05, 0) is 67.8 Å². The zero-order valence-electron chi connectivity index (χ0n) is 19.3. The Morgan fingerprint density at radius 1 is 0.971 bits per heavy atom. The van der Waals surface area contributed by atoms with E-state index in [0.29, 0.717) is 18.8 Å². The zero-order valence-corrected chi connectivity index (χ0v) is 19.3. The molecule has 3 aliphatic rings. The highest BCUT2D eigenvalue weighted by Gasteiger charge is 2.38. The zero-order chi connectivity index (χ0) is 24.7. The number of benzene rings is 1. The monoisotopic (exact) mass is 482 g/mol. The molecule has 0 aromatic heterocycles. The molecule has 2 N–H and O–H groups in total. The fraction of sp³-hybridized carbons (Fsp3) is 0.640. The lowest BCUT2D eigenvalue weighted by Crippen LogP contribution is -2.44. The Hall–Kier alpha value is -2.42. The Balaban J connectivity index is 0.000000406. The second kappa shape index (κ2) is 11.8. The SMILES string of the molecule is O=C(CCC(=O)N1CCC2CCCCC2C1)c1ccc2c(c1)CCNCC2.O=C(O)C(F)(F)F. The Kier molecular flexibility index (Phi) is 9.10. The van der Waals surface area contributed by atoms with E-state index in [0.717, 1.165) is 56.9 Å². The van der Waals surface area contributed by atoms with E-state index in [9.17, 15) is 22.8 Å². The van der Waals surface area contributed by atoms with Crippen LogP contribution in [0.1, 0.15) is 66.4 Å². The maximum absolute atomic E-state index is 12.7. The number of amides is 1. The number of piperidine rings is 1. The van der Waals surface area contributed by atoms with Crippen LogP contribution in [0.25, 0.3) is 0 Å². The van der Waals surface area contributed by atoms with Gasteiger partial charge in [-0.25, -0.2) is 4.79 Å². The second-order valence-electron chi connectivity index (χ2n) is 9.39. The number of ketones is 1. The normalized spacial score (nSPS) is 22.4. The number of alkyl halides is 3. The number of likely N-dealkylation sites (tertiary alicyclic amines) is 1. The van der Waals surface area contributed by atoms with Crippen molar-refractivity contribution in [2.45, 2.75) is 64.0 Å². The van der Waals surface area contributed by atoms with E-state index in [1.54, 1.807) is 0 Å². The van der Waals surface area contributed by atoms with Gasteiger partial charge in [0.15, 0.2) is 5.78 Å². The summed E-state index contributed by atoms with van der Waals surface area (Å²) in [6.45, 7) is 3.79. The van der Waals surface area contributed by atoms with Crippen molar-refractivity contribution in [3.8, 4) is 0 Å². The first-order valence-corrected chi connectivity index (χ1v) is 12.1. The first-order valence-electron chi connectivity index (χ1n) is 12.1. The van der Waals surface area contributed by atoms with E-state index < -0.39 is 12.1 Å². The summed E-state index contributed by atoms with van der Waals surface area (Å²) in [5, 5.41) is 10.5. The summed E-state index contributed by atoms with van der Waals surface area (Å²) in [6, 6.07) is 6.11. The minimum atomic E-state index is -5.08. The third kappa shape index (κ3) is 7.29. The lowest BCUT2D eigenvalue weighted by Gasteiger charge is -2.41. The highest BCUT2D eigenvalue weighted by molar-refractivity contribution is 5.98. The number of carboxylic acids is 1. The summed E-state index contributed by atoms with van der Waals surface area (Å²) in [7, 11) is 0. The molecule has 9 heteroatoms. The van der Waals surface area contributed by atoms with Crippen LogP contribution in [0.2, 0.25) is 0 Å². The number of rotatable bonds is 4. The number of aliphatic carboxylic acids is 1. The van der Waals surface area contributed by atoms with E-state index >= 15 is 0 Å². The van der Waals surface area contributed by atoms with Gasteiger partial charge in [-0.15, -0.1) is 0 Å². The molecule has 0 bridgehead atoms. The van der Waals surface area contributed by atoms with Crippen LogP contribution in [0, 0.1) is 11.8 Å². The Morgan fingerprint density at radius 3 is 2.29 bits per heavy atom. The van der Waals surface area contributed by atoms with E-state index in [-0.39, 0.29) is 11.7 Å². The Morgan fingerprint density at radius 2 is 1.62 bits per heavy atom. The van der Waals surface area contributed by atoms with Crippen LogP contribution >= 0.6 is 0 Å². The van der Waals surface area contributed by atoms with Gasteiger partial charge >= 0.3 is 12.1 Å². The number of carbonyl (C=O) groups is 3. The molecule has 2 heterocycles. The van der Waals surface area contributed by atoms with Gasteiger partial charge in [0, 0.05) is 31.5 Å². The van der Waals surface area contributed by atoms with E-state index in [2.05, 4.69) is 17.4 Å². The molecule has 2 unspecified atom stereocenters. The van der Waals surface area contributed by atoms with Gasteiger partial charge in [-0.3, -0.25) is 9.59 Å². The Labute approximate surface area is 197 Å². The molecule has 4 rings (SSSR count). The first-order chi connectivity index (χ1) is 16.1. The molecule has 188 valence electrons. The van der Waals surface area contributed by atoms with Crippen molar-refractivity contribution in [3.63, 3.8) is 0 Å². The van der Waals surface area contributed by atoms with Gasteiger partial charge < -0.3 is 15.3 Å². The fourth-order valence-corrected chi connectivity index (χ4v) is 5.20. The minimum absolute atomic E-state index is 0.107. The van der Waals surface area contributed by atoms with E-state index in [4.69, 9.17) is 9.90 Å². The van der Waals surface area contributed by atoms with E-state index in [1.807, 2.05) is 11.0 Å². The van der Waals surface area contributed by atoms with Crippen molar-refractivity contribution >= 4 is 17.7 Å². The molecule has 2 aliphatic heterocycles. The van der Waals surface area contributed by atoms with Crippen molar-refractivity contribution < 1.29 is 32.7 Å². The third-order valence-electron chi connectivity index (χ3n) is 7.12. The lowest BCUT2D eigenvalue weighted by molar-refractivity contribution is -0.192. The summed E-state index contributed by atoms with van der Waals surface area (Å²) < 4.78 is 31.7. The van der Waals surface area contributed by atoms with Gasteiger partial charge in [-0.1, -0.05) is 31.4 Å². The lowest BCUT2D eigenvalue weighted by atomic mass is 9.75. The molecule has 6 nitrogen and oxygen atoms in total. The van der Waals surface area contributed by atoms with Crippen molar-refractivity contribution in [2.75, 3.05) is 26.2 Å². The number of hydrogen-bond donors (Lipinski definition) is 2. The van der Waals surface area contributed by atoms with Crippen molar-refractivity contribution in [3.05, 3.63) is 34.9 Å². The van der Waals surface area contributed by atoms with Crippen LogP contribution in [0.5, 0.6) is 0 Å². The maximum Gasteiger partial charge on any atom is 0.490 e. The summed E-state index contributed by atoms with van der Waals surface area (Å²) in [4.78, 5) is 36.2. The third-order valence-corrected chi connectivity index (χ3v) is 7.12. The molecule has 2 atom stereocenters. The number of carboxylic acid groups (broad SMARTS) is 1. The van der Waals surface area contributed by atoms with Crippen molar-refractivity contribution in [2.24, 2.45) is 11.8 Å². The van der Waals surface area contributed by atoms with Gasteiger partial charge in [0.25, 0.3) is 0 Å². The predicted octanol–water partition coefficient (Wildman–Crippen LogP) is 4.01. The van der Waals surface area contributed by atoms with Crippen LogP contribution in [0.15, 0.2) is 18.2 Å². The molecular formula is C25H33F3N2O4. The van der Waals surface area contributed by atoms with Crippen LogP contribution in [-0.2, 0) is 22.4 Å². The second-order valence-corrected chi connectivity index (χ2v) is 9.39. The summed E-state index contributed by atoms with van der Waals surface area (Å²) in [5.74, 6) is -0.946. The quantitative estimate of drug-likeness (QED) is 0.634. The summed E-state index contributed by atoms with van der Waals surface area (Å²) in [5.41, 5.74) is 3.41. The average Bonchev–Trinajstić information content (AvgIpc) is 3.06. The maximum atomic E-state index is 12.7. The highest BCUT2D eigenvalue weighted by atomic mass is 19.4. The van der Waals surface area contributed by atoms with Crippen LogP contribution in [0.3, 0.4) is 0 Å². The molecule has 1 amide bonds. The topological polar surface area (TPSA) is 86.7 Å². The van der Waals surface area contributed by atoms with Gasteiger partial charge in [0.05, 0.1) is 0 Å². The van der Waals surface area contributed by atoms with Crippen molar-refractivity contribution in [1.29, 1.82) is 0 Å². The number of halogens is 3. The first kappa shape index (κ1) is 26.2. The number of hydrogen-bond acceptors (Lipinski definition) is 4. The molecule has 1 aliphatic carbocycles. The molecule has 34 heavy (non-hydrogen) atoms. The molecule has 1 saturated heterocycles. The van der Waals surface area contributed by atoms with Crippen LogP contribution < -0.4 is 5.32 Å². The Bertz CT molecular complexity index is 887. The minimum Gasteiger partial charge on any atom is -0.475 e. The molecule has 0 radical (unpaired) electrons. The van der Waals surface area contributed by atoms with Gasteiger partial charge in [0.1, 0.15) is 0 Å². The molecule has 1 aromatic carbocycles. The fourth-order valence-electron chi connectivity index (χ4n) is 5.20. The number of fused-ring (bicyclic) bond motifs is 2. The molecule has 2 fully saturated rings. The number of nitrogens with one attached hydrogen (secondary N) is 1. The molecule has 0 spiro atoms. The van der Waals surface area contributed by atoms with Crippen molar-refractivity contribution in [1.82, 2.24) is 10.2 Å². The molecule has 1 aromatic rings. The largest absolute Gasteiger partial charge is 0.490 e. The standard InChI is InChI=1S/C23H32N2O2.C2HF3O2/c26-22(20-6-5-18-9-12-24-13-10-19(18)15-20)7-8-23(27)25-14-11-17-3-1-2-4-21(17)16-25;3-2(4,5)1(6)7/h5-6,15,17,21,24H,1-4,7-14,16H2;(H,6,7). The predicted molar refractivity (Wildman–Crippen MR) is 121 cm³/mol. The smallest absolute Gasteiger partial charge is 0.475 e. The van der Waals surface area contributed by atoms with E-state index in [1.165, 1.54) is 36.8 Å². The van der Waals surface area contributed by atoms with Crippen LogP contribution in [0.4, 0.5) is 13.2 Å².